The first kappa shape index (κ1) is 16.0. The highest BCUT2D eigenvalue weighted by Crippen LogP contribution is 2.13. The summed E-state index contributed by atoms with van der Waals surface area (Å²) in [6, 6.07) is 9.36. The molecule has 1 aromatic rings. The molecular formula is C14H20ClNO3. The van der Waals surface area contributed by atoms with Gasteiger partial charge in [-0.05, 0) is 31.9 Å². The van der Waals surface area contributed by atoms with Crippen LogP contribution >= 0.6 is 11.6 Å². The van der Waals surface area contributed by atoms with Crippen molar-refractivity contribution in [3.05, 3.63) is 35.9 Å². The smallest absolute Gasteiger partial charge is 0.404 e. The molecule has 1 aliphatic heterocycles. The molecule has 0 amide bonds. The fourth-order valence-corrected chi connectivity index (χ4v) is 1.81. The van der Waals surface area contributed by atoms with Crippen molar-refractivity contribution in [2.45, 2.75) is 32.0 Å². The third-order valence-electron chi connectivity index (χ3n) is 2.77. The number of halogens is 1. The van der Waals surface area contributed by atoms with E-state index in [1.165, 1.54) is 0 Å². The lowest BCUT2D eigenvalue weighted by atomic mass is 9.97. The first-order chi connectivity index (χ1) is 8.99. The summed E-state index contributed by atoms with van der Waals surface area (Å²) in [4.78, 5) is 10.2. The number of carbonyl (C=O) groups is 1. The molecule has 0 aliphatic carbocycles. The Morgan fingerprint density at radius 3 is 2.58 bits per heavy atom. The molecule has 1 saturated heterocycles. The molecule has 19 heavy (non-hydrogen) atoms. The molecule has 2 N–H and O–H groups in total. The fourth-order valence-electron chi connectivity index (χ4n) is 1.75. The SMILES string of the molecule is CC1(O)CCCNC1.O=C(Cl)OCc1ccccc1. The monoisotopic (exact) mass is 285 g/mol. The molecule has 4 nitrogen and oxygen atoms in total. The van der Waals surface area contributed by atoms with Crippen molar-refractivity contribution in [1.82, 2.24) is 5.32 Å². The van der Waals surface area contributed by atoms with E-state index in [1.54, 1.807) is 0 Å². The van der Waals surface area contributed by atoms with E-state index in [-0.39, 0.29) is 6.61 Å². The van der Waals surface area contributed by atoms with Crippen molar-refractivity contribution in [2.24, 2.45) is 0 Å². The second-order valence-electron chi connectivity index (χ2n) is 4.79. The summed E-state index contributed by atoms with van der Waals surface area (Å²) >= 11 is 4.97. The number of aliphatic hydroxyl groups is 1. The number of ether oxygens (including phenoxy) is 1. The molecule has 1 atom stereocenters. The molecule has 0 radical (unpaired) electrons. The predicted octanol–water partition coefficient (Wildman–Crippen LogP) is 2.68. The Hall–Kier alpha value is -1.10. The van der Waals surface area contributed by atoms with Gasteiger partial charge in [-0.1, -0.05) is 30.3 Å². The molecule has 0 aromatic heterocycles. The summed E-state index contributed by atoms with van der Waals surface area (Å²) in [5.41, 5.74) is -0.270. The summed E-state index contributed by atoms with van der Waals surface area (Å²) in [6.07, 6.45) is 2.05. The molecular weight excluding hydrogens is 266 g/mol. The highest BCUT2D eigenvalue weighted by Gasteiger charge is 2.21. The van der Waals surface area contributed by atoms with Gasteiger partial charge in [0.05, 0.1) is 5.60 Å². The van der Waals surface area contributed by atoms with Crippen LogP contribution in [0.1, 0.15) is 25.3 Å². The zero-order valence-electron chi connectivity index (χ0n) is 11.1. The van der Waals surface area contributed by atoms with Gasteiger partial charge in [-0.25, -0.2) is 4.79 Å². The van der Waals surface area contributed by atoms with Crippen molar-refractivity contribution in [2.75, 3.05) is 13.1 Å². The van der Waals surface area contributed by atoms with Gasteiger partial charge in [0.15, 0.2) is 0 Å². The van der Waals surface area contributed by atoms with Gasteiger partial charge >= 0.3 is 5.43 Å². The Labute approximate surface area is 118 Å². The minimum absolute atomic E-state index is 0.239. The molecule has 0 bridgehead atoms. The molecule has 1 heterocycles. The van der Waals surface area contributed by atoms with Gasteiger partial charge < -0.3 is 15.2 Å². The molecule has 106 valence electrons. The number of rotatable bonds is 2. The normalized spacial score (nSPS) is 22.1. The number of nitrogens with one attached hydrogen (secondary N) is 1. The summed E-state index contributed by atoms with van der Waals surface area (Å²) in [5, 5.41) is 12.4. The maximum absolute atomic E-state index is 10.2. The summed E-state index contributed by atoms with van der Waals surface area (Å²) in [6.45, 7) is 3.94. The molecule has 0 spiro atoms. The van der Waals surface area contributed by atoms with E-state index in [9.17, 15) is 9.90 Å². The lowest BCUT2D eigenvalue weighted by molar-refractivity contribution is 0.0351. The van der Waals surface area contributed by atoms with Gasteiger partial charge in [-0.2, -0.15) is 0 Å². The van der Waals surface area contributed by atoms with E-state index in [4.69, 9.17) is 11.6 Å². The number of carbonyl (C=O) groups excluding carboxylic acids is 1. The first-order valence-electron chi connectivity index (χ1n) is 6.29. The van der Waals surface area contributed by atoms with Crippen LogP contribution in [0.3, 0.4) is 0 Å². The molecule has 1 fully saturated rings. The number of hydrogen-bond acceptors (Lipinski definition) is 4. The number of piperidine rings is 1. The summed E-state index contributed by atoms with van der Waals surface area (Å²) in [7, 11) is 0. The van der Waals surface area contributed by atoms with Gasteiger partial charge in [-0.15, -0.1) is 0 Å². The van der Waals surface area contributed by atoms with Crippen LogP contribution in [0.5, 0.6) is 0 Å². The fraction of sp³-hybridized carbons (Fsp3) is 0.500. The van der Waals surface area contributed by atoms with Gasteiger partial charge in [0.25, 0.3) is 0 Å². The quantitative estimate of drug-likeness (QED) is 0.820. The van der Waals surface area contributed by atoms with E-state index < -0.39 is 11.0 Å². The second kappa shape index (κ2) is 8.15. The van der Waals surface area contributed by atoms with Gasteiger partial charge in [0.1, 0.15) is 6.61 Å². The van der Waals surface area contributed by atoms with Crippen LogP contribution in [-0.4, -0.2) is 29.2 Å². The highest BCUT2D eigenvalue weighted by atomic mass is 35.5. The molecule has 5 heteroatoms. The van der Waals surface area contributed by atoms with Crippen LogP contribution < -0.4 is 5.32 Å². The molecule has 0 saturated carbocycles. The van der Waals surface area contributed by atoms with Crippen LogP contribution in [0.15, 0.2) is 30.3 Å². The van der Waals surface area contributed by atoms with Crippen molar-refractivity contribution in [3.8, 4) is 0 Å². The lowest BCUT2D eigenvalue weighted by Gasteiger charge is -2.28. The lowest BCUT2D eigenvalue weighted by Crippen LogP contribution is -2.42. The number of hydrogen-bond donors (Lipinski definition) is 2. The Kier molecular flexibility index (Phi) is 6.84. The maximum Gasteiger partial charge on any atom is 0.404 e. The highest BCUT2D eigenvalue weighted by molar-refractivity contribution is 6.61. The Morgan fingerprint density at radius 1 is 1.47 bits per heavy atom. The van der Waals surface area contributed by atoms with Gasteiger partial charge in [0.2, 0.25) is 0 Å². The Morgan fingerprint density at radius 2 is 2.16 bits per heavy atom. The van der Waals surface area contributed by atoms with E-state index in [0.29, 0.717) is 0 Å². The van der Waals surface area contributed by atoms with Gasteiger partial charge in [-0.3, -0.25) is 0 Å². The third kappa shape index (κ3) is 7.82. The largest absolute Gasteiger partial charge is 0.449 e. The number of β-amino-alcohol motifs (C(OH)–C–C–N with tert-alkyl or cyclic N) is 1. The Bertz CT molecular complexity index is 374. The van der Waals surface area contributed by atoms with Crippen LogP contribution in [0.2, 0.25) is 0 Å². The Balaban J connectivity index is 0.000000200. The van der Waals surface area contributed by atoms with Crippen molar-refractivity contribution >= 4 is 17.0 Å². The minimum Gasteiger partial charge on any atom is -0.449 e. The van der Waals surface area contributed by atoms with E-state index in [0.717, 1.165) is 31.5 Å². The van der Waals surface area contributed by atoms with Crippen LogP contribution in [0.25, 0.3) is 0 Å². The zero-order valence-corrected chi connectivity index (χ0v) is 11.8. The van der Waals surface area contributed by atoms with Crippen LogP contribution in [0.4, 0.5) is 4.79 Å². The minimum atomic E-state index is -0.770. The predicted molar refractivity (Wildman–Crippen MR) is 75.2 cm³/mol. The van der Waals surface area contributed by atoms with Crippen molar-refractivity contribution in [1.29, 1.82) is 0 Å². The first-order valence-corrected chi connectivity index (χ1v) is 6.67. The van der Waals surface area contributed by atoms with Crippen LogP contribution in [-0.2, 0) is 11.3 Å². The molecule has 1 unspecified atom stereocenters. The maximum atomic E-state index is 10.2. The average Bonchev–Trinajstić information content (AvgIpc) is 2.38. The van der Waals surface area contributed by atoms with E-state index in [1.807, 2.05) is 37.3 Å². The average molecular weight is 286 g/mol. The molecule has 1 aromatic carbocycles. The van der Waals surface area contributed by atoms with Crippen LogP contribution in [0, 0.1) is 0 Å². The van der Waals surface area contributed by atoms with Crippen molar-refractivity contribution in [3.63, 3.8) is 0 Å². The summed E-state index contributed by atoms with van der Waals surface area (Å²) < 4.78 is 4.55. The van der Waals surface area contributed by atoms with Crippen molar-refractivity contribution < 1.29 is 14.6 Å². The van der Waals surface area contributed by atoms with E-state index in [2.05, 4.69) is 10.1 Å². The van der Waals surface area contributed by atoms with Gasteiger partial charge in [0, 0.05) is 18.1 Å². The number of benzene rings is 1. The molecule has 1 aliphatic rings. The molecule has 2 rings (SSSR count). The zero-order chi connectivity index (χ0) is 14.1. The summed E-state index contributed by atoms with van der Waals surface area (Å²) in [5.74, 6) is 0. The topological polar surface area (TPSA) is 58.6 Å². The van der Waals surface area contributed by atoms with E-state index >= 15 is 0 Å². The third-order valence-corrected chi connectivity index (χ3v) is 2.88. The standard InChI is InChI=1S/C8H7ClO2.C6H13NO/c9-8(10)11-6-7-4-2-1-3-5-7;1-6(8)3-2-4-7-5-6/h1-5H,6H2;7-8H,2-5H2,1H3. The second-order valence-corrected chi connectivity index (χ2v) is 5.10.